The molecule has 19 heteroatoms. The summed E-state index contributed by atoms with van der Waals surface area (Å²) in [7, 11) is 1.78. The van der Waals surface area contributed by atoms with Gasteiger partial charge in [0.1, 0.15) is 30.0 Å². The van der Waals surface area contributed by atoms with Crippen molar-refractivity contribution >= 4 is 41.0 Å². The molecule has 45 heavy (non-hydrogen) atoms. The van der Waals surface area contributed by atoms with Gasteiger partial charge in [-0.25, -0.2) is 4.79 Å². The van der Waals surface area contributed by atoms with Gasteiger partial charge in [-0.05, 0) is 37.1 Å². The Morgan fingerprint density at radius 2 is 1.87 bits per heavy atom. The third-order valence-corrected chi connectivity index (χ3v) is 7.20. The lowest BCUT2D eigenvalue weighted by Crippen LogP contribution is -2.61. The van der Waals surface area contributed by atoms with Crippen LogP contribution in [0.15, 0.2) is 29.1 Å². The van der Waals surface area contributed by atoms with E-state index in [2.05, 4.69) is 25.9 Å². The van der Waals surface area contributed by atoms with Crippen LogP contribution in [0.5, 0.6) is 0 Å². The first-order valence-electron chi connectivity index (χ1n) is 13.7. The number of aliphatic hydroxyl groups excluding tert-OH is 4. The van der Waals surface area contributed by atoms with Crippen LogP contribution in [0, 0.1) is 0 Å². The zero-order valence-electron chi connectivity index (χ0n) is 24.1. The van der Waals surface area contributed by atoms with Gasteiger partial charge in [0.05, 0.1) is 18.7 Å². The Bertz CT molecular complexity index is 1390. The number of ether oxygens (including phenoxy) is 1. The molecule has 1 aromatic heterocycles. The molecule has 1 amide bonds. The Hall–Kier alpha value is -4.53. The van der Waals surface area contributed by atoms with Crippen molar-refractivity contribution in [3.63, 3.8) is 0 Å². The molecule has 1 saturated heterocycles. The van der Waals surface area contributed by atoms with Crippen LogP contribution in [0.25, 0.3) is 0 Å². The highest BCUT2D eigenvalue weighted by Crippen LogP contribution is 2.25. The van der Waals surface area contributed by atoms with E-state index < -0.39 is 67.6 Å². The number of aromatic amines is 1. The summed E-state index contributed by atoms with van der Waals surface area (Å²) in [6.45, 7) is 0.528. The monoisotopic (exact) mass is 637 g/mol. The molecule has 7 atom stereocenters. The van der Waals surface area contributed by atoms with E-state index in [1.807, 2.05) is 4.90 Å². The lowest BCUT2D eigenvalue weighted by molar-refractivity contribution is -0.305. The largest absolute Gasteiger partial charge is 0.550 e. The summed E-state index contributed by atoms with van der Waals surface area (Å²) in [4.78, 5) is 54.7. The summed E-state index contributed by atoms with van der Waals surface area (Å²) in [5.74, 6) is -2.89. The molecule has 13 N–H and O–H groups in total. The average molecular weight is 638 g/mol. The predicted molar refractivity (Wildman–Crippen MR) is 156 cm³/mol. The highest BCUT2D eigenvalue weighted by atomic mass is 16.6. The number of hydrogen-bond donors (Lipinski definition) is 11. The number of aliphatic carboxylic acids is 2. The van der Waals surface area contributed by atoms with Crippen LogP contribution in [0.2, 0.25) is 0 Å². The van der Waals surface area contributed by atoms with Crippen molar-refractivity contribution in [2.45, 2.75) is 55.6 Å². The van der Waals surface area contributed by atoms with E-state index in [0.717, 1.165) is 0 Å². The van der Waals surface area contributed by atoms with E-state index in [9.17, 15) is 34.5 Å². The standard InChI is InChI=1S/C20H25N7O6.C6H13NO5/c1-27-12(9-23-16-15(27)18(31)26-20(21)25-16)8-22-11-4-2-10(3-5-11)17(30)24-13(19(32)33)6-7-14(28)29;7-3-5(10)4(9)2(1-8)12-6(3)11/h2-5,12-13,22H,6-9H2,1H3,(H,24,30)(H,28,29)(H,32,33)(H4,21,23,25,26,31);2-6,8-11H,1,7H2/p-1/t12-,13+;2-,3-,4-,5-,6?/m11/s1. The molecule has 19 nitrogen and oxygen atoms in total. The van der Waals surface area contributed by atoms with Gasteiger partial charge in [-0.2, -0.15) is 4.98 Å². The van der Waals surface area contributed by atoms with Crippen molar-refractivity contribution in [3.05, 3.63) is 40.2 Å². The average Bonchev–Trinajstić information content (AvgIpc) is 2.99. The van der Waals surface area contributed by atoms with Gasteiger partial charge >= 0.3 is 5.97 Å². The fourth-order valence-corrected chi connectivity index (χ4v) is 4.53. The van der Waals surface area contributed by atoms with Crippen LogP contribution in [-0.2, 0) is 14.3 Å². The summed E-state index contributed by atoms with van der Waals surface area (Å²) in [5, 5.41) is 64.4. The number of carbonyl (C=O) groups excluding carboxylic acids is 2. The number of carboxylic acids is 2. The number of carbonyl (C=O) groups is 3. The number of carboxylic acid groups (broad SMARTS) is 2. The number of aliphatic hydroxyl groups is 4. The first-order chi connectivity index (χ1) is 21.2. The minimum Gasteiger partial charge on any atom is -0.550 e. The van der Waals surface area contributed by atoms with Crippen molar-refractivity contribution in [1.29, 1.82) is 0 Å². The van der Waals surface area contributed by atoms with E-state index in [0.29, 0.717) is 30.3 Å². The lowest BCUT2D eigenvalue weighted by Gasteiger charge is -2.38. The summed E-state index contributed by atoms with van der Waals surface area (Å²) < 4.78 is 4.70. The van der Waals surface area contributed by atoms with Crippen LogP contribution in [0.3, 0.4) is 0 Å². The molecule has 4 rings (SSSR count). The number of likely N-dealkylation sites (N-methyl/N-ethyl adjacent to an activating group) is 1. The maximum absolute atomic E-state index is 12.3. The number of amides is 1. The highest BCUT2D eigenvalue weighted by molar-refractivity contribution is 5.96. The van der Waals surface area contributed by atoms with E-state index in [4.69, 9.17) is 31.5 Å². The molecular formula is C26H37N8O11-. The fourth-order valence-electron chi connectivity index (χ4n) is 4.53. The minimum atomic E-state index is -1.39. The topological polar surface area (TPSA) is 322 Å². The molecule has 2 aromatic rings. The first-order valence-corrected chi connectivity index (χ1v) is 13.7. The van der Waals surface area contributed by atoms with Crippen molar-refractivity contribution in [2.75, 3.05) is 48.0 Å². The lowest BCUT2D eigenvalue weighted by atomic mass is 9.98. The minimum absolute atomic E-state index is 0.0360. The zero-order valence-corrected chi connectivity index (χ0v) is 24.1. The van der Waals surface area contributed by atoms with Crippen molar-refractivity contribution in [1.82, 2.24) is 15.3 Å². The van der Waals surface area contributed by atoms with Gasteiger partial charge in [0.25, 0.3) is 11.5 Å². The quantitative estimate of drug-likeness (QED) is 0.116. The van der Waals surface area contributed by atoms with E-state index in [-0.39, 0.29) is 29.5 Å². The third-order valence-electron chi connectivity index (χ3n) is 7.20. The number of aromatic nitrogens is 2. The number of benzene rings is 1. The second-order valence-electron chi connectivity index (χ2n) is 10.3. The van der Waals surface area contributed by atoms with E-state index in [1.165, 1.54) is 12.1 Å². The Morgan fingerprint density at radius 3 is 2.47 bits per heavy atom. The molecule has 0 bridgehead atoms. The van der Waals surface area contributed by atoms with Crippen LogP contribution >= 0.6 is 0 Å². The Labute approximate surface area is 255 Å². The van der Waals surface area contributed by atoms with Crippen LogP contribution < -0.4 is 43.0 Å². The van der Waals surface area contributed by atoms with Crippen molar-refractivity contribution < 1.29 is 49.8 Å². The van der Waals surface area contributed by atoms with E-state index in [1.54, 1.807) is 19.2 Å². The maximum Gasteiger partial charge on any atom is 0.326 e. The number of nitrogen functional groups attached to an aromatic ring is 1. The second kappa shape index (κ2) is 15.5. The number of hydrogen-bond acceptors (Lipinski definition) is 16. The normalized spacial score (nSPS) is 24.6. The smallest absolute Gasteiger partial charge is 0.326 e. The van der Waals surface area contributed by atoms with Crippen molar-refractivity contribution in [2.24, 2.45) is 5.73 Å². The second-order valence-corrected chi connectivity index (χ2v) is 10.3. The molecule has 1 unspecified atom stereocenters. The molecule has 0 aliphatic carbocycles. The summed E-state index contributed by atoms with van der Waals surface area (Å²) in [5.41, 5.74) is 11.8. The molecule has 248 valence electrons. The van der Waals surface area contributed by atoms with Crippen molar-refractivity contribution in [3.8, 4) is 0 Å². The maximum atomic E-state index is 12.3. The Balaban J connectivity index is 0.000000385. The third kappa shape index (κ3) is 9.00. The number of fused-ring (bicyclic) bond motifs is 1. The number of nitrogens with two attached hydrogens (primary N) is 2. The number of nitrogens with one attached hydrogen (secondary N) is 4. The fraction of sp³-hybridized carbons (Fsp3) is 0.500. The van der Waals surface area contributed by atoms with Gasteiger partial charge in [0.2, 0.25) is 5.95 Å². The van der Waals surface area contributed by atoms with Gasteiger partial charge in [0, 0.05) is 37.4 Å². The van der Waals surface area contributed by atoms with Crippen LogP contribution in [0.4, 0.5) is 23.1 Å². The van der Waals surface area contributed by atoms with E-state index >= 15 is 0 Å². The van der Waals surface area contributed by atoms with Gasteiger partial charge in [-0.1, -0.05) is 0 Å². The number of rotatable bonds is 10. The van der Waals surface area contributed by atoms with Gasteiger partial charge < -0.3 is 72.5 Å². The number of nitrogens with zero attached hydrogens (tertiary/aromatic N) is 2. The van der Waals surface area contributed by atoms with Crippen LogP contribution in [-0.4, -0.2) is 123 Å². The summed E-state index contributed by atoms with van der Waals surface area (Å²) in [6.07, 6.45) is -5.61. The Kier molecular flexibility index (Phi) is 12.0. The SMILES string of the molecule is CN1c2c(nc(N)[nH]c2=O)NC[C@H]1CNc1ccc(C(=O)N[C@@H](CCC(=O)[O-])C(=O)O)cc1.N[C@H]1C(O)O[C@H](CO)[C@@H](O)[C@@H]1O. The molecule has 3 heterocycles. The molecule has 0 saturated carbocycles. The molecular weight excluding hydrogens is 600 g/mol. The molecule has 2 aliphatic rings. The molecule has 0 radical (unpaired) electrons. The Morgan fingerprint density at radius 1 is 1.20 bits per heavy atom. The predicted octanol–water partition coefficient (Wildman–Crippen LogP) is -4.85. The first kappa shape index (κ1) is 35.0. The zero-order chi connectivity index (χ0) is 33.4. The van der Waals surface area contributed by atoms with Gasteiger partial charge in [-0.3, -0.25) is 14.6 Å². The summed E-state index contributed by atoms with van der Waals surface area (Å²) >= 11 is 0. The van der Waals surface area contributed by atoms with Gasteiger partial charge in [-0.15, -0.1) is 0 Å². The molecule has 1 fully saturated rings. The molecule has 0 spiro atoms. The highest BCUT2D eigenvalue weighted by Gasteiger charge is 2.41. The molecule has 2 aliphatic heterocycles. The van der Waals surface area contributed by atoms with Crippen LogP contribution in [0.1, 0.15) is 23.2 Å². The molecule has 1 aromatic carbocycles. The van der Waals surface area contributed by atoms with Gasteiger partial charge in [0.15, 0.2) is 12.1 Å². The number of H-pyrrole nitrogens is 1. The number of anilines is 4. The summed E-state index contributed by atoms with van der Waals surface area (Å²) in [6, 6.07) is 3.90.